The van der Waals surface area contributed by atoms with E-state index >= 15 is 0 Å². The Labute approximate surface area is 198 Å². The van der Waals surface area contributed by atoms with Crippen LogP contribution in [0.3, 0.4) is 0 Å². The van der Waals surface area contributed by atoms with E-state index in [0.717, 1.165) is 36.0 Å². The zero-order valence-electron chi connectivity index (χ0n) is 16.6. The number of benzene rings is 1. The van der Waals surface area contributed by atoms with Gasteiger partial charge in [-0.1, -0.05) is 29.3 Å². The summed E-state index contributed by atoms with van der Waals surface area (Å²) in [5.41, 5.74) is 1.14. The maximum atomic E-state index is 6.08. The maximum Gasteiger partial charge on any atom is 0.191 e. The van der Waals surface area contributed by atoms with Crippen LogP contribution in [0.5, 0.6) is 11.5 Å². The van der Waals surface area contributed by atoms with Crippen LogP contribution in [0.1, 0.15) is 5.56 Å². The number of hydrogen-bond donors (Lipinski definition) is 3. The summed E-state index contributed by atoms with van der Waals surface area (Å²) in [6.45, 7) is 2.01. The van der Waals surface area contributed by atoms with Crippen molar-refractivity contribution in [1.82, 2.24) is 15.6 Å². The van der Waals surface area contributed by atoms with E-state index in [9.17, 15) is 0 Å². The van der Waals surface area contributed by atoms with E-state index in [1.807, 2.05) is 18.2 Å². The monoisotopic (exact) mass is 553 g/mol. The predicted octanol–water partition coefficient (Wildman–Crippen LogP) is 3.84. The fourth-order valence-electron chi connectivity index (χ4n) is 2.49. The summed E-state index contributed by atoms with van der Waals surface area (Å²) < 4.78 is 10.6. The lowest BCUT2D eigenvalue weighted by Gasteiger charge is -2.13. The summed E-state index contributed by atoms with van der Waals surface area (Å²) >= 11 is 11.9. The molecule has 0 saturated heterocycles. The number of anilines is 1. The largest absolute Gasteiger partial charge is 0.493 e. The van der Waals surface area contributed by atoms with Crippen molar-refractivity contribution in [3.05, 3.63) is 46.1 Å². The second-order valence-corrected chi connectivity index (χ2v) is 6.62. The van der Waals surface area contributed by atoms with E-state index in [-0.39, 0.29) is 24.0 Å². The van der Waals surface area contributed by atoms with Gasteiger partial charge in [-0.3, -0.25) is 4.99 Å². The lowest BCUT2D eigenvalue weighted by atomic mass is 10.1. The number of rotatable bonds is 9. The summed E-state index contributed by atoms with van der Waals surface area (Å²) in [5, 5.41) is 10.7. The molecule has 0 bridgehead atoms. The number of aliphatic imine (C=N–C) groups is 1. The molecule has 1 aromatic carbocycles. The van der Waals surface area contributed by atoms with E-state index < -0.39 is 0 Å². The highest BCUT2D eigenvalue weighted by Gasteiger charge is 2.05. The fraction of sp³-hybridized carbons (Fsp3) is 0.368. The first kappa shape index (κ1) is 25.4. The van der Waals surface area contributed by atoms with Crippen LogP contribution >= 0.6 is 47.2 Å². The quantitative estimate of drug-likeness (QED) is 0.189. The molecule has 0 spiro atoms. The summed E-state index contributed by atoms with van der Waals surface area (Å²) in [6.07, 6.45) is 2.38. The van der Waals surface area contributed by atoms with E-state index in [0.29, 0.717) is 29.0 Å². The van der Waals surface area contributed by atoms with E-state index in [1.165, 1.54) is 0 Å². The molecule has 0 atom stereocenters. The molecular formula is C19H26Cl2IN5O2. The van der Waals surface area contributed by atoms with E-state index in [4.69, 9.17) is 32.7 Å². The Kier molecular flexibility index (Phi) is 11.9. The van der Waals surface area contributed by atoms with E-state index in [2.05, 4.69) is 25.9 Å². The second-order valence-electron chi connectivity index (χ2n) is 5.78. The minimum atomic E-state index is 0. The zero-order valence-corrected chi connectivity index (χ0v) is 20.4. The van der Waals surface area contributed by atoms with Gasteiger partial charge >= 0.3 is 0 Å². The SMILES string of the molecule is CN=C(NCCNc1ncc(Cl)cc1Cl)NCCc1ccc(OC)c(OC)c1.I. The molecule has 160 valence electrons. The van der Waals surface area contributed by atoms with Gasteiger partial charge < -0.3 is 25.4 Å². The van der Waals surface area contributed by atoms with Gasteiger partial charge in [0.1, 0.15) is 5.82 Å². The molecule has 3 N–H and O–H groups in total. The van der Waals surface area contributed by atoms with Crippen LogP contribution in [0.15, 0.2) is 35.5 Å². The van der Waals surface area contributed by atoms with Gasteiger partial charge in [-0.15, -0.1) is 24.0 Å². The molecule has 0 aliphatic carbocycles. The summed E-state index contributed by atoms with van der Waals surface area (Å²) in [6, 6.07) is 7.55. The first-order valence-electron chi connectivity index (χ1n) is 8.77. The summed E-state index contributed by atoms with van der Waals surface area (Å²) in [7, 11) is 4.99. The highest BCUT2D eigenvalue weighted by molar-refractivity contribution is 14.0. The van der Waals surface area contributed by atoms with Gasteiger partial charge in [0.15, 0.2) is 17.5 Å². The molecule has 0 radical (unpaired) electrons. The van der Waals surface area contributed by atoms with Crippen LogP contribution in [-0.2, 0) is 6.42 Å². The Bertz CT molecular complexity index is 808. The third-order valence-electron chi connectivity index (χ3n) is 3.90. The lowest BCUT2D eigenvalue weighted by Crippen LogP contribution is -2.40. The van der Waals surface area contributed by atoms with Crippen molar-refractivity contribution in [2.75, 3.05) is 46.2 Å². The van der Waals surface area contributed by atoms with Gasteiger partial charge in [0.05, 0.1) is 24.3 Å². The highest BCUT2D eigenvalue weighted by atomic mass is 127. The topological polar surface area (TPSA) is 79.8 Å². The molecule has 10 heteroatoms. The van der Waals surface area contributed by atoms with Crippen LogP contribution in [0.2, 0.25) is 10.0 Å². The molecule has 7 nitrogen and oxygen atoms in total. The van der Waals surface area contributed by atoms with Crippen LogP contribution < -0.4 is 25.4 Å². The normalized spacial score (nSPS) is 10.7. The Morgan fingerprint density at radius 1 is 1.03 bits per heavy atom. The molecule has 0 aliphatic heterocycles. The van der Waals surface area contributed by atoms with Gasteiger partial charge in [0.25, 0.3) is 0 Å². The van der Waals surface area contributed by atoms with Gasteiger partial charge in [-0.25, -0.2) is 4.98 Å². The Morgan fingerprint density at radius 3 is 2.41 bits per heavy atom. The fourth-order valence-corrected chi connectivity index (χ4v) is 2.94. The molecule has 0 fully saturated rings. The van der Waals surface area contributed by atoms with Gasteiger partial charge in [0.2, 0.25) is 0 Å². The first-order valence-corrected chi connectivity index (χ1v) is 9.53. The van der Waals surface area contributed by atoms with Gasteiger partial charge in [-0.05, 0) is 30.2 Å². The molecule has 0 amide bonds. The predicted molar refractivity (Wildman–Crippen MR) is 131 cm³/mol. The molecule has 0 aliphatic rings. The van der Waals surface area contributed by atoms with Crippen molar-refractivity contribution in [2.45, 2.75) is 6.42 Å². The zero-order chi connectivity index (χ0) is 20.4. The molecule has 29 heavy (non-hydrogen) atoms. The molecule has 2 rings (SSSR count). The smallest absolute Gasteiger partial charge is 0.191 e. The van der Waals surface area contributed by atoms with Crippen molar-refractivity contribution in [1.29, 1.82) is 0 Å². The van der Waals surface area contributed by atoms with Crippen molar-refractivity contribution in [3.63, 3.8) is 0 Å². The minimum absolute atomic E-state index is 0. The molecule has 0 saturated carbocycles. The average molecular weight is 554 g/mol. The molecule has 1 aromatic heterocycles. The Morgan fingerprint density at radius 2 is 1.76 bits per heavy atom. The molecule has 1 heterocycles. The van der Waals surface area contributed by atoms with Gasteiger partial charge in [-0.2, -0.15) is 0 Å². The van der Waals surface area contributed by atoms with Crippen LogP contribution in [0, 0.1) is 0 Å². The Balaban J connectivity index is 0.00000420. The molecular weight excluding hydrogens is 528 g/mol. The maximum absolute atomic E-state index is 6.08. The second kappa shape index (κ2) is 13.6. The number of nitrogens with zero attached hydrogens (tertiary/aromatic N) is 2. The first-order chi connectivity index (χ1) is 13.6. The number of halogens is 3. The molecule has 2 aromatic rings. The van der Waals surface area contributed by atoms with Crippen molar-refractivity contribution >= 4 is 59.0 Å². The standard InChI is InChI=1S/C19H25Cl2N5O2.HI/c1-22-19(25-9-8-23-18-15(21)11-14(20)12-26-18)24-7-6-13-4-5-16(27-2)17(10-13)28-3;/h4-5,10-12H,6-9H2,1-3H3,(H,23,26)(H2,22,24,25);1H. The Hall–Kier alpha value is -1.65. The summed E-state index contributed by atoms with van der Waals surface area (Å²) in [5.74, 6) is 2.77. The number of guanidine groups is 1. The summed E-state index contributed by atoms with van der Waals surface area (Å²) in [4.78, 5) is 8.37. The molecule has 0 unspecified atom stereocenters. The van der Waals surface area contributed by atoms with E-state index in [1.54, 1.807) is 33.5 Å². The van der Waals surface area contributed by atoms with Crippen molar-refractivity contribution in [2.24, 2.45) is 4.99 Å². The average Bonchev–Trinajstić information content (AvgIpc) is 2.70. The van der Waals surface area contributed by atoms with Gasteiger partial charge in [0, 0.05) is 32.9 Å². The van der Waals surface area contributed by atoms with Crippen LogP contribution in [0.4, 0.5) is 5.82 Å². The van der Waals surface area contributed by atoms with Crippen molar-refractivity contribution < 1.29 is 9.47 Å². The number of hydrogen-bond acceptors (Lipinski definition) is 5. The lowest BCUT2D eigenvalue weighted by molar-refractivity contribution is 0.354. The third-order valence-corrected chi connectivity index (χ3v) is 4.39. The number of pyridine rings is 1. The van der Waals surface area contributed by atoms with Crippen molar-refractivity contribution in [3.8, 4) is 11.5 Å². The van der Waals surface area contributed by atoms with Crippen LogP contribution in [-0.4, -0.2) is 51.8 Å². The number of ether oxygens (including phenoxy) is 2. The third kappa shape index (κ3) is 8.31. The highest BCUT2D eigenvalue weighted by Crippen LogP contribution is 2.27. The minimum Gasteiger partial charge on any atom is -0.493 e. The number of nitrogens with one attached hydrogen (secondary N) is 3. The number of aromatic nitrogens is 1. The number of methoxy groups -OCH3 is 2. The van der Waals surface area contributed by atoms with Crippen LogP contribution in [0.25, 0.3) is 0 Å².